The van der Waals surface area contributed by atoms with E-state index in [0.29, 0.717) is 0 Å². The van der Waals surface area contributed by atoms with Gasteiger partial charge in [-0.05, 0) is 33.6 Å². The fourth-order valence-electron chi connectivity index (χ4n) is 1.81. The summed E-state index contributed by atoms with van der Waals surface area (Å²) in [4.78, 5) is 8.71. The number of nitrogens with one attached hydrogen (secondary N) is 2. The minimum absolute atomic E-state index is 0.432. The van der Waals surface area contributed by atoms with Gasteiger partial charge in [-0.15, -0.1) is 0 Å². The molecule has 1 rings (SSSR count). The molecule has 0 radical (unpaired) electrons. The summed E-state index contributed by atoms with van der Waals surface area (Å²) in [5.74, 6) is 1.71. The summed E-state index contributed by atoms with van der Waals surface area (Å²) in [5.41, 5.74) is 0.663. The van der Waals surface area contributed by atoms with Gasteiger partial charge in [0.25, 0.3) is 0 Å². The quantitative estimate of drug-likeness (QED) is 0.683. The summed E-state index contributed by atoms with van der Waals surface area (Å²) in [5, 5.41) is 16.5. The molecule has 5 heteroatoms. The second kappa shape index (κ2) is 7.43. The summed E-state index contributed by atoms with van der Waals surface area (Å²) in [6.07, 6.45) is 4.08. The Balaban J connectivity index is 3.05. The highest BCUT2D eigenvalue weighted by Crippen LogP contribution is 2.25. The van der Waals surface area contributed by atoms with E-state index < -0.39 is 11.6 Å². The maximum Gasteiger partial charge on any atom is 0.135 e. The molecule has 0 bridgehead atoms. The summed E-state index contributed by atoms with van der Waals surface area (Å²) in [6.45, 7) is 10.9. The fourth-order valence-corrected chi connectivity index (χ4v) is 1.81. The van der Waals surface area contributed by atoms with Crippen molar-refractivity contribution in [1.82, 2.24) is 9.97 Å². The molecule has 0 fully saturated rings. The first kappa shape index (κ1) is 16.7. The number of rotatable bonds is 8. The van der Waals surface area contributed by atoms with Crippen LogP contribution >= 0.6 is 0 Å². The van der Waals surface area contributed by atoms with E-state index in [2.05, 4.69) is 34.4 Å². The molecule has 5 nitrogen and oxygen atoms in total. The summed E-state index contributed by atoms with van der Waals surface area (Å²) >= 11 is 0. The van der Waals surface area contributed by atoms with E-state index in [0.717, 1.165) is 43.0 Å². The summed E-state index contributed by atoms with van der Waals surface area (Å²) in [6, 6.07) is 0. The van der Waals surface area contributed by atoms with Crippen LogP contribution in [0.15, 0.2) is 6.33 Å². The average molecular weight is 280 g/mol. The second-order valence-electron chi connectivity index (χ2n) is 5.75. The Morgan fingerprint density at radius 2 is 1.85 bits per heavy atom. The van der Waals surface area contributed by atoms with Crippen LogP contribution in [0.5, 0.6) is 0 Å². The lowest BCUT2D eigenvalue weighted by Crippen LogP contribution is -2.42. The van der Waals surface area contributed by atoms with Gasteiger partial charge < -0.3 is 15.7 Å². The largest absolute Gasteiger partial charge is 0.391 e. The third kappa shape index (κ3) is 4.34. The first-order chi connectivity index (χ1) is 9.42. The van der Waals surface area contributed by atoms with Crippen molar-refractivity contribution in [2.75, 3.05) is 17.2 Å². The summed E-state index contributed by atoms with van der Waals surface area (Å²) in [7, 11) is 0. The lowest BCUT2D eigenvalue weighted by atomic mass is 9.98. The third-order valence-corrected chi connectivity index (χ3v) is 3.47. The molecule has 1 heterocycles. The van der Waals surface area contributed by atoms with Crippen molar-refractivity contribution < 1.29 is 5.11 Å². The Morgan fingerprint density at radius 3 is 2.40 bits per heavy atom. The van der Waals surface area contributed by atoms with Crippen LogP contribution in [0.25, 0.3) is 0 Å². The molecule has 0 aliphatic rings. The number of nitrogens with zero attached hydrogens (tertiary/aromatic N) is 2. The van der Waals surface area contributed by atoms with Gasteiger partial charge in [-0.1, -0.05) is 20.3 Å². The Kier molecular flexibility index (Phi) is 6.20. The first-order valence-corrected chi connectivity index (χ1v) is 7.46. The SMILES string of the molecule is CCCNc1ncnc(NC(C)(C)C(C)O)c1CCC. The van der Waals surface area contributed by atoms with Crippen molar-refractivity contribution in [3.63, 3.8) is 0 Å². The van der Waals surface area contributed by atoms with Gasteiger partial charge in [0, 0.05) is 12.1 Å². The Labute approximate surface area is 122 Å². The summed E-state index contributed by atoms with van der Waals surface area (Å²) < 4.78 is 0. The maximum absolute atomic E-state index is 9.85. The van der Waals surface area contributed by atoms with E-state index in [1.165, 1.54) is 0 Å². The van der Waals surface area contributed by atoms with Gasteiger partial charge in [-0.25, -0.2) is 9.97 Å². The van der Waals surface area contributed by atoms with Crippen molar-refractivity contribution in [2.24, 2.45) is 0 Å². The zero-order valence-corrected chi connectivity index (χ0v) is 13.3. The van der Waals surface area contributed by atoms with Crippen LogP contribution in [0.1, 0.15) is 53.0 Å². The van der Waals surface area contributed by atoms with Gasteiger partial charge >= 0.3 is 0 Å². The highest BCUT2D eigenvalue weighted by molar-refractivity contribution is 5.58. The molecule has 114 valence electrons. The molecule has 0 aliphatic heterocycles. The van der Waals surface area contributed by atoms with Gasteiger partial charge in [0.1, 0.15) is 18.0 Å². The minimum Gasteiger partial charge on any atom is -0.391 e. The molecule has 0 aromatic carbocycles. The maximum atomic E-state index is 9.85. The standard InChI is InChI=1S/C15H28N4O/c1-6-8-12-13(16-9-7-2)17-10-18-14(12)19-15(4,5)11(3)20/h10-11,20H,6-9H2,1-5H3,(H2,16,17,18,19). The molecule has 0 amide bonds. The van der Waals surface area contributed by atoms with Crippen LogP contribution in [0.4, 0.5) is 11.6 Å². The first-order valence-electron chi connectivity index (χ1n) is 7.46. The zero-order chi connectivity index (χ0) is 15.2. The van der Waals surface area contributed by atoms with E-state index in [9.17, 15) is 5.11 Å². The van der Waals surface area contributed by atoms with E-state index in [1.807, 2.05) is 13.8 Å². The average Bonchev–Trinajstić information content (AvgIpc) is 2.38. The predicted octanol–water partition coefficient (Wildman–Crippen LogP) is 2.82. The Bertz CT molecular complexity index is 418. The molecule has 1 aromatic heterocycles. The van der Waals surface area contributed by atoms with Gasteiger partial charge in [-0.2, -0.15) is 0 Å². The van der Waals surface area contributed by atoms with Crippen molar-refractivity contribution in [2.45, 2.75) is 65.5 Å². The number of aromatic nitrogens is 2. The molecule has 1 atom stereocenters. The fraction of sp³-hybridized carbons (Fsp3) is 0.733. The molecule has 3 N–H and O–H groups in total. The van der Waals surface area contributed by atoms with Gasteiger partial charge in [0.15, 0.2) is 0 Å². The lowest BCUT2D eigenvalue weighted by Gasteiger charge is -2.31. The van der Waals surface area contributed by atoms with E-state index in [1.54, 1.807) is 13.3 Å². The van der Waals surface area contributed by atoms with Crippen LogP contribution < -0.4 is 10.6 Å². The van der Waals surface area contributed by atoms with Crippen LogP contribution in [0.3, 0.4) is 0 Å². The van der Waals surface area contributed by atoms with Crippen molar-refractivity contribution in [3.8, 4) is 0 Å². The molecule has 0 spiro atoms. The van der Waals surface area contributed by atoms with E-state index in [-0.39, 0.29) is 0 Å². The Hall–Kier alpha value is -1.36. The topological polar surface area (TPSA) is 70.1 Å². The number of aliphatic hydroxyl groups is 1. The molecular weight excluding hydrogens is 252 g/mol. The highest BCUT2D eigenvalue weighted by Gasteiger charge is 2.25. The van der Waals surface area contributed by atoms with Crippen LogP contribution in [-0.4, -0.2) is 33.3 Å². The number of anilines is 2. The number of hydrogen-bond donors (Lipinski definition) is 3. The molecule has 1 unspecified atom stereocenters. The van der Waals surface area contributed by atoms with Gasteiger partial charge in [0.05, 0.1) is 11.6 Å². The van der Waals surface area contributed by atoms with E-state index in [4.69, 9.17) is 0 Å². The molecule has 0 aliphatic carbocycles. The minimum atomic E-state index is -0.473. The highest BCUT2D eigenvalue weighted by atomic mass is 16.3. The number of aliphatic hydroxyl groups excluding tert-OH is 1. The number of hydrogen-bond acceptors (Lipinski definition) is 5. The van der Waals surface area contributed by atoms with Crippen molar-refractivity contribution in [1.29, 1.82) is 0 Å². The van der Waals surface area contributed by atoms with Crippen LogP contribution in [-0.2, 0) is 6.42 Å². The van der Waals surface area contributed by atoms with Crippen molar-refractivity contribution in [3.05, 3.63) is 11.9 Å². The smallest absolute Gasteiger partial charge is 0.135 e. The molecule has 0 saturated heterocycles. The van der Waals surface area contributed by atoms with Crippen molar-refractivity contribution >= 4 is 11.6 Å². The van der Waals surface area contributed by atoms with Crippen LogP contribution in [0, 0.1) is 0 Å². The van der Waals surface area contributed by atoms with Gasteiger partial charge in [-0.3, -0.25) is 0 Å². The van der Waals surface area contributed by atoms with Gasteiger partial charge in [0.2, 0.25) is 0 Å². The zero-order valence-electron chi connectivity index (χ0n) is 13.3. The van der Waals surface area contributed by atoms with E-state index >= 15 is 0 Å². The molecule has 20 heavy (non-hydrogen) atoms. The molecular formula is C15H28N4O. The molecule has 0 saturated carbocycles. The monoisotopic (exact) mass is 280 g/mol. The lowest BCUT2D eigenvalue weighted by molar-refractivity contribution is 0.133. The second-order valence-corrected chi connectivity index (χ2v) is 5.75. The third-order valence-electron chi connectivity index (χ3n) is 3.47. The normalized spacial score (nSPS) is 13.1. The predicted molar refractivity (Wildman–Crippen MR) is 84.2 cm³/mol. The van der Waals surface area contributed by atoms with Crippen LogP contribution in [0.2, 0.25) is 0 Å². The molecule has 1 aromatic rings. The Morgan fingerprint density at radius 1 is 1.20 bits per heavy atom.